The summed E-state index contributed by atoms with van der Waals surface area (Å²) in [4.78, 5) is 37.9. The molecule has 1 aliphatic rings. The Balaban J connectivity index is 1.61. The first kappa shape index (κ1) is 18.6. The van der Waals surface area contributed by atoms with Crippen molar-refractivity contribution in [3.63, 3.8) is 0 Å². The number of methoxy groups -OCH3 is 1. The molecule has 1 atom stereocenters. The van der Waals surface area contributed by atoms with Crippen molar-refractivity contribution in [2.45, 2.75) is 19.9 Å². The molecule has 0 spiro atoms. The summed E-state index contributed by atoms with van der Waals surface area (Å²) in [5, 5.41) is 2.91. The molecule has 2 aromatic rings. The number of amides is 2. The van der Waals surface area contributed by atoms with Crippen molar-refractivity contribution in [3.05, 3.63) is 65.2 Å². The van der Waals surface area contributed by atoms with E-state index in [1.165, 1.54) is 7.11 Å². The lowest BCUT2D eigenvalue weighted by Gasteiger charge is -2.17. The second kappa shape index (κ2) is 8.03. The number of nitrogens with zero attached hydrogens (tertiary/aromatic N) is 1. The predicted molar refractivity (Wildman–Crippen MR) is 101 cm³/mol. The first-order valence-electron chi connectivity index (χ1n) is 8.80. The summed E-state index contributed by atoms with van der Waals surface area (Å²) < 4.78 is 4.67. The van der Waals surface area contributed by atoms with Crippen LogP contribution in [-0.2, 0) is 20.9 Å². The first-order valence-corrected chi connectivity index (χ1v) is 8.80. The van der Waals surface area contributed by atoms with Crippen molar-refractivity contribution in [1.82, 2.24) is 5.32 Å². The summed E-state index contributed by atoms with van der Waals surface area (Å²) in [6.45, 7) is 2.78. The third kappa shape index (κ3) is 4.34. The van der Waals surface area contributed by atoms with E-state index in [2.05, 4.69) is 10.1 Å². The van der Waals surface area contributed by atoms with Gasteiger partial charge in [-0.3, -0.25) is 9.59 Å². The molecule has 0 saturated carbocycles. The highest BCUT2D eigenvalue weighted by Gasteiger charge is 2.35. The molecular weight excluding hydrogens is 344 g/mol. The summed E-state index contributed by atoms with van der Waals surface area (Å²) >= 11 is 0. The van der Waals surface area contributed by atoms with Gasteiger partial charge < -0.3 is 15.0 Å². The number of hydrogen-bond acceptors (Lipinski definition) is 4. The van der Waals surface area contributed by atoms with E-state index in [9.17, 15) is 14.4 Å². The van der Waals surface area contributed by atoms with E-state index in [4.69, 9.17) is 0 Å². The molecule has 6 nitrogen and oxygen atoms in total. The van der Waals surface area contributed by atoms with Gasteiger partial charge >= 0.3 is 5.97 Å². The largest absolute Gasteiger partial charge is 0.465 e. The van der Waals surface area contributed by atoms with Gasteiger partial charge in [-0.05, 0) is 36.8 Å². The van der Waals surface area contributed by atoms with Crippen molar-refractivity contribution < 1.29 is 19.1 Å². The average molecular weight is 366 g/mol. The van der Waals surface area contributed by atoms with Crippen LogP contribution in [0.5, 0.6) is 0 Å². The topological polar surface area (TPSA) is 75.7 Å². The Hall–Kier alpha value is -3.15. The first-order chi connectivity index (χ1) is 13.0. The van der Waals surface area contributed by atoms with Crippen molar-refractivity contribution in [2.75, 3.05) is 18.6 Å². The van der Waals surface area contributed by atoms with Gasteiger partial charge in [0.1, 0.15) is 0 Å². The average Bonchev–Trinajstić information content (AvgIpc) is 3.07. The van der Waals surface area contributed by atoms with Crippen molar-refractivity contribution in [2.24, 2.45) is 5.92 Å². The summed E-state index contributed by atoms with van der Waals surface area (Å²) in [6, 6.07) is 14.5. The lowest BCUT2D eigenvalue weighted by Crippen LogP contribution is -2.32. The quantitative estimate of drug-likeness (QED) is 0.825. The Morgan fingerprint density at radius 2 is 1.93 bits per heavy atom. The van der Waals surface area contributed by atoms with Crippen LogP contribution in [0.1, 0.15) is 27.9 Å². The maximum atomic E-state index is 12.5. The van der Waals surface area contributed by atoms with Gasteiger partial charge in [0.2, 0.25) is 11.8 Å². The van der Waals surface area contributed by atoms with Crippen LogP contribution in [0.3, 0.4) is 0 Å². The van der Waals surface area contributed by atoms with Crippen LogP contribution in [0, 0.1) is 12.8 Å². The van der Waals surface area contributed by atoms with Crippen molar-refractivity contribution in [3.8, 4) is 0 Å². The number of esters is 1. The fourth-order valence-electron chi connectivity index (χ4n) is 3.18. The van der Waals surface area contributed by atoms with Crippen LogP contribution >= 0.6 is 0 Å². The SMILES string of the molecule is COC(=O)c1ccc(N2CC(C(=O)NCc3cccc(C)c3)CC2=O)cc1. The molecule has 2 amide bonds. The molecule has 0 aliphatic carbocycles. The van der Waals surface area contributed by atoms with Crippen LogP contribution < -0.4 is 10.2 Å². The number of nitrogens with one attached hydrogen (secondary N) is 1. The van der Waals surface area contributed by atoms with Gasteiger partial charge in [-0.25, -0.2) is 4.79 Å². The highest BCUT2D eigenvalue weighted by Crippen LogP contribution is 2.25. The summed E-state index contributed by atoms with van der Waals surface area (Å²) in [6.07, 6.45) is 0.179. The Morgan fingerprint density at radius 1 is 1.19 bits per heavy atom. The number of anilines is 1. The zero-order valence-corrected chi connectivity index (χ0v) is 15.4. The van der Waals surface area contributed by atoms with Gasteiger partial charge in [-0.2, -0.15) is 0 Å². The lowest BCUT2D eigenvalue weighted by atomic mass is 10.1. The van der Waals surface area contributed by atoms with E-state index in [1.54, 1.807) is 29.2 Å². The minimum atomic E-state index is -0.428. The standard InChI is InChI=1S/C21H22N2O4/c1-14-4-3-5-15(10-14)12-22-20(25)17-11-19(24)23(13-17)18-8-6-16(7-9-18)21(26)27-2/h3-10,17H,11-13H2,1-2H3,(H,22,25). The number of carbonyl (C=O) groups excluding carboxylic acids is 3. The molecule has 140 valence electrons. The number of hydrogen-bond donors (Lipinski definition) is 1. The second-order valence-corrected chi connectivity index (χ2v) is 6.65. The van der Waals surface area contributed by atoms with Crippen LogP contribution in [0.25, 0.3) is 0 Å². The number of carbonyl (C=O) groups is 3. The summed E-state index contributed by atoms with van der Waals surface area (Å²) in [7, 11) is 1.32. The van der Waals surface area contributed by atoms with Crippen LogP contribution in [-0.4, -0.2) is 31.4 Å². The third-order valence-electron chi connectivity index (χ3n) is 4.65. The van der Waals surface area contributed by atoms with E-state index >= 15 is 0 Å². The van der Waals surface area contributed by atoms with Gasteiger partial charge in [-0.15, -0.1) is 0 Å². The highest BCUT2D eigenvalue weighted by molar-refractivity contribution is 6.00. The van der Waals surface area contributed by atoms with Gasteiger partial charge in [0.15, 0.2) is 0 Å². The Labute approximate surface area is 158 Å². The maximum absolute atomic E-state index is 12.5. The molecule has 6 heteroatoms. The van der Waals surface area contributed by atoms with Crippen molar-refractivity contribution in [1.29, 1.82) is 0 Å². The molecule has 3 rings (SSSR count). The Bertz CT molecular complexity index is 861. The molecule has 0 aromatic heterocycles. The van der Waals surface area contributed by atoms with E-state index in [0.29, 0.717) is 24.3 Å². The van der Waals surface area contributed by atoms with Gasteiger partial charge in [0.25, 0.3) is 0 Å². The molecule has 0 bridgehead atoms. The molecule has 1 aliphatic heterocycles. The molecule has 1 fully saturated rings. The minimum absolute atomic E-state index is 0.100. The number of benzene rings is 2. The van der Waals surface area contributed by atoms with E-state index < -0.39 is 5.97 Å². The lowest BCUT2D eigenvalue weighted by molar-refractivity contribution is -0.126. The minimum Gasteiger partial charge on any atom is -0.465 e. The number of rotatable bonds is 5. The van der Waals surface area contributed by atoms with Crippen LogP contribution in [0.15, 0.2) is 48.5 Å². The third-order valence-corrected chi connectivity index (χ3v) is 4.65. The second-order valence-electron chi connectivity index (χ2n) is 6.65. The fraction of sp³-hybridized carbons (Fsp3) is 0.286. The number of ether oxygens (including phenoxy) is 1. The molecule has 2 aromatic carbocycles. The molecule has 1 saturated heterocycles. The van der Waals surface area contributed by atoms with E-state index in [1.807, 2.05) is 31.2 Å². The fourth-order valence-corrected chi connectivity index (χ4v) is 3.18. The zero-order chi connectivity index (χ0) is 19.4. The Morgan fingerprint density at radius 3 is 2.59 bits per heavy atom. The van der Waals surface area contributed by atoms with Gasteiger partial charge in [0, 0.05) is 25.2 Å². The van der Waals surface area contributed by atoms with Crippen molar-refractivity contribution >= 4 is 23.5 Å². The normalized spacial score (nSPS) is 16.3. The number of aryl methyl sites for hydroxylation is 1. The molecule has 1 N–H and O–H groups in total. The molecular formula is C21H22N2O4. The maximum Gasteiger partial charge on any atom is 0.337 e. The molecule has 0 radical (unpaired) electrons. The molecule has 1 unspecified atom stereocenters. The zero-order valence-electron chi connectivity index (χ0n) is 15.4. The van der Waals surface area contributed by atoms with Gasteiger partial charge in [-0.1, -0.05) is 29.8 Å². The monoisotopic (exact) mass is 366 g/mol. The van der Waals surface area contributed by atoms with Crippen LogP contribution in [0.4, 0.5) is 5.69 Å². The molecule has 27 heavy (non-hydrogen) atoms. The van der Waals surface area contributed by atoms with Crippen LogP contribution in [0.2, 0.25) is 0 Å². The summed E-state index contributed by atoms with van der Waals surface area (Å²) in [5.74, 6) is -1.04. The van der Waals surface area contributed by atoms with Gasteiger partial charge in [0.05, 0.1) is 18.6 Å². The molecule has 1 heterocycles. The predicted octanol–water partition coefficient (Wildman–Crippen LogP) is 2.45. The van der Waals surface area contributed by atoms with E-state index in [-0.39, 0.29) is 24.2 Å². The Kier molecular flexibility index (Phi) is 5.54. The smallest absolute Gasteiger partial charge is 0.337 e. The highest BCUT2D eigenvalue weighted by atomic mass is 16.5. The summed E-state index contributed by atoms with van der Waals surface area (Å²) in [5.41, 5.74) is 3.25. The van der Waals surface area contributed by atoms with E-state index in [0.717, 1.165) is 11.1 Å².